The molecule has 0 radical (unpaired) electrons. The molecular weight excluding hydrogens is 341 g/mol. The van der Waals surface area contributed by atoms with Crippen LogP contribution in [0.4, 0.5) is 4.39 Å². The van der Waals surface area contributed by atoms with Crippen LogP contribution in [0.25, 0.3) is 10.9 Å². The first kappa shape index (κ1) is 17.7. The largest absolute Gasteiger partial charge is 0.358 e. The third-order valence-corrected chi connectivity index (χ3v) is 5.38. The second-order valence-corrected chi connectivity index (χ2v) is 7.24. The van der Waals surface area contributed by atoms with Gasteiger partial charge in [-0.05, 0) is 48.2 Å². The van der Waals surface area contributed by atoms with Crippen LogP contribution in [0.1, 0.15) is 22.4 Å². The summed E-state index contributed by atoms with van der Waals surface area (Å²) in [4.78, 5) is 18.0. The lowest BCUT2D eigenvalue weighted by Gasteiger charge is -2.28. The van der Waals surface area contributed by atoms with E-state index in [4.69, 9.17) is 0 Å². The molecule has 2 aromatic carbocycles. The Kier molecular flexibility index (Phi) is 4.94. The molecule has 0 saturated heterocycles. The van der Waals surface area contributed by atoms with Crippen LogP contribution >= 0.6 is 0 Å². The van der Waals surface area contributed by atoms with Gasteiger partial charge < -0.3 is 10.3 Å². The second kappa shape index (κ2) is 7.53. The Labute approximate surface area is 158 Å². The fourth-order valence-corrected chi connectivity index (χ4v) is 3.90. The number of fused-ring (bicyclic) bond motifs is 2. The topological polar surface area (TPSA) is 48.1 Å². The number of aromatic nitrogens is 1. The highest BCUT2D eigenvalue weighted by atomic mass is 19.1. The maximum Gasteiger partial charge on any atom is 0.224 e. The SMILES string of the molecule is Cc1[nH]c2ccc(F)cc2c1CC(=O)NCCN1CCc2ccccc2C1. The van der Waals surface area contributed by atoms with Crippen LogP contribution in [0.15, 0.2) is 42.5 Å². The summed E-state index contributed by atoms with van der Waals surface area (Å²) in [5, 5.41) is 3.80. The van der Waals surface area contributed by atoms with Gasteiger partial charge >= 0.3 is 0 Å². The molecule has 2 heterocycles. The van der Waals surface area contributed by atoms with E-state index in [0.717, 1.165) is 48.2 Å². The lowest BCUT2D eigenvalue weighted by atomic mass is 10.00. The minimum Gasteiger partial charge on any atom is -0.358 e. The molecule has 0 fully saturated rings. The van der Waals surface area contributed by atoms with Crippen molar-refractivity contribution in [1.82, 2.24) is 15.2 Å². The van der Waals surface area contributed by atoms with Crippen molar-refractivity contribution in [2.45, 2.75) is 26.3 Å². The van der Waals surface area contributed by atoms with Crippen molar-refractivity contribution in [1.29, 1.82) is 0 Å². The Hall–Kier alpha value is -2.66. The number of aromatic amines is 1. The van der Waals surface area contributed by atoms with Gasteiger partial charge in [-0.1, -0.05) is 24.3 Å². The van der Waals surface area contributed by atoms with Gasteiger partial charge in [-0.3, -0.25) is 9.69 Å². The molecule has 3 aromatic rings. The minimum atomic E-state index is -0.284. The van der Waals surface area contributed by atoms with Gasteiger partial charge in [0.2, 0.25) is 5.91 Å². The van der Waals surface area contributed by atoms with Gasteiger partial charge in [-0.25, -0.2) is 4.39 Å². The van der Waals surface area contributed by atoms with Crippen molar-refractivity contribution >= 4 is 16.8 Å². The molecule has 27 heavy (non-hydrogen) atoms. The third kappa shape index (κ3) is 3.88. The highest BCUT2D eigenvalue weighted by molar-refractivity contribution is 5.90. The van der Waals surface area contributed by atoms with E-state index < -0.39 is 0 Å². The monoisotopic (exact) mass is 365 g/mol. The fourth-order valence-electron chi connectivity index (χ4n) is 3.90. The van der Waals surface area contributed by atoms with Gasteiger partial charge in [0.15, 0.2) is 0 Å². The summed E-state index contributed by atoms with van der Waals surface area (Å²) >= 11 is 0. The van der Waals surface area contributed by atoms with Crippen molar-refractivity contribution in [2.75, 3.05) is 19.6 Å². The Bertz CT molecular complexity index is 979. The lowest BCUT2D eigenvalue weighted by Crippen LogP contribution is -2.38. The van der Waals surface area contributed by atoms with Crippen molar-refractivity contribution in [3.05, 3.63) is 70.7 Å². The first-order valence-electron chi connectivity index (χ1n) is 9.42. The van der Waals surface area contributed by atoms with Crippen LogP contribution in [-0.4, -0.2) is 35.4 Å². The number of benzene rings is 2. The highest BCUT2D eigenvalue weighted by Crippen LogP contribution is 2.23. The average molecular weight is 365 g/mol. The molecule has 0 saturated carbocycles. The quantitative estimate of drug-likeness (QED) is 0.729. The predicted molar refractivity (Wildman–Crippen MR) is 105 cm³/mol. The van der Waals surface area contributed by atoms with E-state index in [1.54, 1.807) is 6.07 Å². The predicted octanol–water partition coefficient (Wildman–Crippen LogP) is 3.33. The number of nitrogens with one attached hydrogen (secondary N) is 2. The maximum atomic E-state index is 13.6. The van der Waals surface area contributed by atoms with E-state index in [9.17, 15) is 9.18 Å². The molecule has 0 atom stereocenters. The van der Waals surface area contributed by atoms with Crippen molar-refractivity contribution in [2.24, 2.45) is 0 Å². The van der Waals surface area contributed by atoms with Gasteiger partial charge in [0.25, 0.3) is 0 Å². The zero-order chi connectivity index (χ0) is 18.8. The van der Waals surface area contributed by atoms with E-state index in [-0.39, 0.29) is 18.1 Å². The third-order valence-electron chi connectivity index (χ3n) is 5.38. The summed E-state index contributed by atoms with van der Waals surface area (Å²) in [5.74, 6) is -0.311. The first-order valence-corrected chi connectivity index (χ1v) is 9.42. The summed E-state index contributed by atoms with van der Waals surface area (Å²) in [6.45, 7) is 5.34. The van der Waals surface area contributed by atoms with Crippen molar-refractivity contribution in [3.63, 3.8) is 0 Å². The summed E-state index contributed by atoms with van der Waals surface area (Å²) in [6, 6.07) is 13.2. The number of amides is 1. The first-order chi connectivity index (χ1) is 13.1. The average Bonchev–Trinajstić information content (AvgIpc) is 2.96. The number of rotatable bonds is 5. The molecule has 1 aliphatic heterocycles. The maximum absolute atomic E-state index is 13.6. The smallest absolute Gasteiger partial charge is 0.224 e. The van der Waals surface area contributed by atoms with Gasteiger partial charge in [0.1, 0.15) is 5.82 Å². The number of hydrogen-bond acceptors (Lipinski definition) is 2. The van der Waals surface area contributed by atoms with Crippen LogP contribution in [0.2, 0.25) is 0 Å². The van der Waals surface area contributed by atoms with Crippen molar-refractivity contribution in [3.8, 4) is 0 Å². The number of carbonyl (C=O) groups excluding carboxylic acids is 1. The van der Waals surface area contributed by atoms with Crippen molar-refractivity contribution < 1.29 is 9.18 Å². The summed E-state index contributed by atoms with van der Waals surface area (Å²) in [5.41, 5.74) is 5.46. The fraction of sp³-hybridized carbons (Fsp3) is 0.318. The molecule has 4 nitrogen and oxygen atoms in total. The number of hydrogen-bond donors (Lipinski definition) is 2. The molecule has 1 aliphatic rings. The Morgan fingerprint density at radius 3 is 2.89 bits per heavy atom. The summed E-state index contributed by atoms with van der Waals surface area (Å²) < 4.78 is 13.6. The minimum absolute atomic E-state index is 0.0272. The molecule has 1 aromatic heterocycles. The van der Waals surface area contributed by atoms with Gasteiger partial charge in [-0.15, -0.1) is 0 Å². The van der Waals surface area contributed by atoms with E-state index in [1.165, 1.54) is 23.3 Å². The van der Waals surface area contributed by atoms with Gasteiger partial charge in [-0.2, -0.15) is 0 Å². The number of H-pyrrole nitrogens is 1. The molecule has 0 bridgehead atoms. The normalized spacial score (nSPS) is 14.3. The molecule has 0 spiro atoms. The Morgan fingerprint density at radius 2 is 2.04 bits per heavy atom. The zero-order valence-corrected chi connectivity index (χ0v) is 15.5. The summed E-state index contributed by atoms with van der Waals surface area (Å²) in [7, 11) is 0. The molecule has 0 aliphatic carbocycles. The van der Waals surface area contributed by atoms with Crippen LogP contribution in [-0.2, 0) is 24.2 Å². The number of carbonyl (C=O) groups is 1. The zero-order valence-electron chi connectivity index (χ0n) is 15.5. The van der Waals surface area contributed by atoms with Crippen LogP contribution in [0.5, 0.6) is 0 Å². The van der Waals surface area contributed by atoms with E-state index in [2.05, 4.69) is 39.5 Å². The molecular formula is C22H24FN3O. The molecule has 1 amide bonds. The highest BCUT2D eigenvalue weighted by Gasteiger charge is 2.16. The molecule has 0 unspecified atom stereocenters. The second-order valence-electron chi connectivity index (χ2n) is 7.24. The van der Waals surface area contributed by atoms with Crippen LogP contribution in [0.3, 0.4) is 0 Å². The molecule has 5 heteroatoms. The van der Waals surface area contributed by atoms with Crippen LogP contribution < -0.4 is 5.32 Å². The standard InChI is InChI=1S/C22H24FN3O/c1-15-19(20-12-18(23)6-7-21(20)25-15)13-22(27)24-9-11-26-10-8-16-4-2-3-5-17(16)14-26/h2-7,12,25H,8-11,13-14H2,1H3,(H,24,27). The molecule has 140 valence electrons. The van der Waals surface area contributed by atoms with Crippen LogP contribution in [0, 0.1) is 12.7 Å². The van der Waals surface area contributed by atoms with E-state index in [0.29, 0.717) is 6.54 Å². The van der Waals surface area contributed by atoms with Gasteiger partial charge in [0, 0.05) is 42.8 Å². The molecule has 2 N–H and O–H groups in total. The Balaban J connectivity index is 1.32. The van der Waals surface area contributed by atoms with E-state index in [1.807, 2.05) is 6.92 Å². The summed E-state index contributed by atoms with van der Waals surface area (Å²) in [6.07, 6.45) is 1.32. The number of nitrogens with zero attached hydrogens (tertiary/aromatic N) is 1. The number of aryl methyl sites for hydroxylation is 1. The van der Waals surface area contributed by atoms with E-state index >= 15 is 0 Å². The van der Waals surface area contributed by atoms with Gasteiger partial charge in [0.05, 0.1) is 6.42 Å². The molecule has 4 rings (SSSR count). The Morgan fingerprint density at radius 1 is 1.22 bits per heavy atom. The number of halogens is 1. The lowest BCUT2D eigenvalue weighted by molar-refractivity contribution is -0.120.